The molecule has 1 aliphatic rings. The maximum absolute atomic E-state index is 10.6. The fraction of sp³-hybridized carbons (Fsp3) is 0.500. The molecule has 1 aliphatic heterocycles. The molecule has 1 N–H and O–H groups in total. The molecular formula is C14H17Cl2NO3. The van der Waals surface area contributed by atoms with Crippen LogP contribution in [0.25, 0.3) is 0 Å². The molecule has 6 heteroatoms. The van der Waals surface area contributed by atoms with Crippen LogP contribution in [0.4, 0.5) is 0 Å². The molecule has 1 aromatic carbocycles. The lowest BCUT2D eigenvalue weighted by Crippen LogP contribution is -2.41. The average molecular weight is 318 g/mol. The van der Waals surface area contributed by atoms with E-state index in [2.05, 4.69) is 4.90 Å². The minimum atomic E-state index is -0.766. The van der Waals surface area contributed by atoms with Crippen molar-refractivity contribution >= 4 is 29.2 Å². The van der Waals surface area contributed by atoms with E-state index in [1.807, 2.05) is 0 Å². The zero-order valence-corrected chi connectivity index (χ0v) is 12.5. The third-order valence-electron chi connectivity index (χ3n) is 3.30. The largest absolute Gasteiger partial charge is 0.489 e. The van der Waals surface area contributed by atoms with Crippen molar-refractivity contribution in [1.29, 1.82) is 0 Å². The number of carbonyl (C=O) groups is 1. The Kier molecular flexibility index (Phi) is 5.52. The van der Waals surface area contributed by atoms with Crippen LogP contribution in [0.5, 0.6) is 5.75 Å². The molecule has 0 aliphatic carbocycles. The predicted octanol–water partition coefficient (Wildman–Crippen LogP) is 3.31. The molecule has 0 spiro atoms. The second-order valence-electron chi connectivity index (χ2n) is 4.90. The summed E-state index contributed by atoms with van der Waals surface area (Å²) < 4.78 is 5.90. The topological polar surface area (TPSA) is 49.8 Å². The predicted molar refractivity (Wildman–Crippen MR) is 78.8 cm³/mol. The van der Waals surface area contributed by atoms with E-state index < -0.39 is 5.97 Å². The van der Waals surface area contributed by atoms with Gasteiger partial charge >= 0.3 is 5.97 Å². The van der Waals surface area contributed by atoms with Crippen molar-refractivity contribution in [2.75, 3.05) is 19.6 Å². The van der Waals surface area contributed by atoms with E-state index >= 15 is 0 Å². The number of carboxylic acids is 1. The van der Waals surface area contributed by atoms with Crippen molar-refractivity contribution in [2.24, 2.45) is 0 Å². The SMILES string of the molecule is O=C(O)CCN1CCCC(Oc2ccc(Cl)c(Cl)c2)C1. The summed E-state index contributed by atoms with van der Waals surface area (Å²) in [5.74, 6) is -0.0676. The number of carboxylic acid groups (broad SMARTS) is 1. The summed E-state index contributed by atoms with van der Waals surface area (Å²) >= 11 is 11.8. The molecule has 0 saturated carbocycles. The van der Waals surface area contributed by atoms with E-state index in [-0.39, 0.29) is 12.5 Å². The molecule has 4 nitrogen and oxygen atoms in total. The molecule has 1 atom stereocenters. The van der Waals surface area contributed by atoms with E-state index in [0.717, 1.165) is 25.9 Å². The molecule has 1 unspecified atom stereocenters. The molecule has 0 amide bonds. The van der Waals surface area contributed by atoms with Crippen molar-refractivity contribution in [2.45, 2.75) is 25.4 Å². The highest BCUT2D eigenvalue weighted by molar-refractivity contribution is 6.42. The number of aliphatic carboxylic acids is 1. The lowest BCUT2D eigenvalue weighted by Gasteiger charge is -2.32. The van der Waals surface area contributed by atoms with Crippen molar-refractivity contribution in [3.05, 3.63) is 28.2 Å². The molecule has 0 radical (unpaired) electrons. The third kappa shape index (κ3) is 4.54. The first-order valence-electron chi connectivity index (χ1n) is 6.60. The number of rotatable bonds is 5. The van der Waals surface area contributed by atoms with Crippen LogP contribution in [0.3, 0.4) is 0 Å². The Labute approximate surface area is 128 Å². The highest BCUT2D eigenvalue weighted by Crippen LogP contribution is 2.28. The molecule has 20 heavy (non-hydrogen) atoms. The molecule has 1 heterocycles. The Morgan fingerprint density at radius 1 is 1.40 bits per heavy atom. The minimum Gasteiger partial charge on any atom is -0.489 e. The van der Waals surface area contributed by atoms with Crippen LogP contribution in [0.1, 0.15) is 19.3 Å². The number of likely N-dealkylation sites (tertiary alicyclic amines) is 1. The van der Waals surface area contributed by atoms with Crippen LogP contribution in [0.2, 0.25) is 10.0 Å². The van der Waals surface area contributed by atoms with Crippen LogP contribution in [-0.2, 0) is 4.79 Å². The van der Waals surface area contributed by atoms with E-state index in [1.54, 1.807) is 18.2 Å². The summed E-state index contributed by atoms with van der Waals surface area (Å²) in [7, 11) is 0. The summed E-state index contributed by atoms with van der Waals surface area (Å²) in [5.41, 5.74) is 0. The Hall–Kier alpha value is -0.970. The molecule has 1 saturated heterocycles. The molecule has 110 valence electrons. The van der Waals surface area contributed by atoms with Crippen molar-refractivity contribution in [1.82, 2.24) is 4.90 Å². The quantitative estimate of drug-likeness (QED) is 0.905. The van der Waals surface area contributed by atoms with Crippen molar-refractivity contribution < 1.29 is 14.6 Å². The highest BCUT2D eigenvalue weighted by atomic mass is 35.5. The molecule has 0 aromatic heterocycles. The standard InChI is InChI=1S/C14H17Cl2NO3/c15-12-4-3-10(8-13(12)16)20-11-2-1-6-17(9-11)7-5-14(18)19/h3-4,8,11H,1-2,5-7,9H2,(H,18,19). The van der Waals surface area contributed by atoms with Gasteiger partial charge in [-0.2, -0.15) is 0 Å². The summed E-state index contributed by atoms with van der Waals surface area (Å²) in [5, 5.41) is 9.70. The normalized spacial score (nSPS) is 19.8. The Bertz CT molecular complexity index is 481. The van der Waals surface area contributed by atoms with Gasteiger partial charge in [0, 0.05) is 19.2 Å². The van der Waals surface area contributed by atoms with Gasteiger partial charge in [-0.15, -0.1) is 0 Å². The van der Waals surface area contributed by atoms with Crippen molar-refractivity contribution in [3.8, 4) is 5.75 Å². The van der Waals surface area contributed by atoms with Crippen LogP contribution in [0.15, 0.2) is 18.2 Å². The maximum Gasteiger partial charge on any atom is 0.304 e. The molecule has 0 bridgehead atoms. The Morgan fingerprint density at radius 3 is 2.90 bits per heavy atom. The summed E-state index contributed by atoms with van der Waals surface area (Å²) in [6.07, 6.45) is 2.20. The monoisotopic (exact) mass is 317 g/mol. The summed E-state index contributed by atoms with van der Waals surface area (Å²) in [6, 6.07) is 5.22. The van der Waals surface area contributed by atoms with E-state index in [1.165, 1.54) is 0 Å². The number of ether oxygens (including phenoxy) is 1. The first-order valence-corrected chi connectivity index (χ1v) is 7.36. The Morgan fingerprint density at radius 2 is 2.20 bits per heavy atom. The van der Waals surface area contributed by atoms with Crippen LogP contribution >= 0.6 is 23.2 Å². The smallest absolute Gasteiger partial charge is 0.304 e. The zero-order chi connectivity index (χ0) is 14.5. The Balaban J connectivity index is 1.88. The highest BCUT2D eigenvalue weighted by Gasteiger charge is 2.21. The molecule has 1 aromatic rings. The van der Waals surface area contributed by atoms with Gasteiger partial charge < -0.3 is 9.84 Å². The van der Waals surface area contributed by atoms with Gasteiger partial charge in [-0.1, -0.05) is 23.2 Å². The maximum atomic E-state index is 10.6. The number of halogens is 2. The minimum absolute atomic E-state index is 0.0646. The van der Waals surface area contributed by atoms with Gasteiger partial charge in [-0.05, 0) is 31.5 Å². The summed E-state index contributed by atoms with van der Waals surface area (Å²) in [4.78, 5) is 12.7. The fourth-order valence-corrected chi connectivity index (χ4v) is 2.60. The lowest BCUT2D eigenvalue weighted by molar-refractivity contribution is -0.137. The number of benzene rings is 1. The first-order chi connectivity index (χ1) is 9.54. The second-order valence-corrected chi connectivity index (χ2v) is 5.72. The lowest BCUT2D eigenvalue weighted by atomic mass is 10.1. The van der Waals surface area contributed by atoms with Crippen molar-refractivity contribution in [3.63, 3.8) is 0 Å². The zero-order valence-electron chi connectivity index (χ0n) is 11.0. The third-order valence-corrected chi connectivity index (χ3v) is 4.04. The molecule has 1 fully saturated rings. The van der Waals surface area contributed by atoms with E-state index in [9.17, 15) is 4.79 Å². The fourth-order valence-electron chi connectivity index (χ4n) is 2.31. The number of piperidine rings is 1. The number of hydrogen-bond acceptors (Lipinski definition) is 3. The average Bonchev–Trinajstić information content (AvgIpc) is 2.41. The van der Waals surface area contributed by atoms with Gasteiger partial charge in [0.25, 0.3) is 0 Å². The van der Waals surface area contributed by atoms with Gasteiger partial charge in [0.2, 0.25) is 0 Å². The van der Waals surface area contributed by atoms with Crippen LogP contribution in [0, 0.1) is 0 Å². The van der Waals surface area contributed by atoms with Gasteiger partial charge in [-0.25, -0.2) is 0 Å². The second kappa shape index (κ2) is 7.16. The van der Waals surface area contributed by atoms with Gasteiger partial charge in [-0.3, -0.25) is 9.69 Å². The van der Waals surface area contributed by atoms with Gasteiger partial charge in [0.1, 0.15) is 11.9 Å². The number of hydrogen-bond donors (Lipinski definition) is 1. The van der Waals surface area contributed by atoms with Gasteiger partial charge in [0.15, 0.2) is 0 Å². The molecular weight excluding hydrogens is 301 g/mol. The van der Waals surface area contributed by atoms with Crippen LogP contribution in [-0.4, -0.2) is 41.7 Å². The number of nitrogens with zero attached hydrogens (tertiary/aromatic N) is 1. The van der Waals surface area contributed by atoms with Crippen LogP contribution < -0.4 is 4.74 Å². The van der Waals surface area contributed by atoms with Gasteiger partial charge in [0.05, 0.1) is 16.5 Å². The molecule has 2 rings (SSSR count). The van der Waals surface area contributed by atoms with E-state index in [0.29, 0.717) is 22.3 Å². The first kappa shape index (κ1) is 15.4. The summed E-state index contributed by atoms with van der Waals surface area (Å²) in [6.45, 7) is 2.23. The van der Waals surface area contributed by atoms with E-state index in [4.69, 9.17) is 33.0 Å².